The standard InChI is InChI=1S/C15H22ClNO2/c1-10-4-12(7-15(2,3)6-10)19-14-13(16)5-11(9-18)8-17-14/h5,8,10,12,18H,4,6-7,9H2,1-3H3. The van der Waals surface area contributed by atoms with E-state index < -0.39 is 0 Å². The molecule has 106 valence electrons. The quantitative estimate of drug-likeness (QED) is 0.917. The van der Waals surface area contributed by atoms with Crippen molar-refractivity contribution in [3.05, 3.63) is 22.8 Å². The molecule has 1 N–H and O–H groups in total. The number of nitrogens with zero attached hydrogens (tertiary/aromatic N) is 1. The van der Waals surface area contributed by atoms with Gasteiger partial charge in [0.2, 0.25) is 5.88 Å². The average Bonchev–Trinajstić information content (AvgIpc) is 2.29. The van der Waals surface area contributed by atoms with Gasteiger partial charge in [0.1, 0.15) is 11.1 Å². The van der Waals surface area contributed by atoms with Crippen molar-refractivity contribution in [3.63, 3.8) is 0 Å². The normalized spacial score (nSPS) is 26.2. The lowest BCUT2D eigenvalue weighted by Gasteiger charge is -2.38. The van der Waals surface area contributed by atoms with Gasteiger partial charge >= 0.3 is 0 Å². The van der Waals surface area contributed by atoms with Crippen LogP contribution in [0, 0.1) is 11.3 Å². The Morgan fingerprint density at radius 3 is 2.79 bits per heavy atom. The molecule has 0 aliphatic heterocycles. The van der Waals surface area contributed by atoms with Crippen LogP contribution in [0.25, 0.3) is 0 Å². The third-order valence-electron chi connectivity index (χ3n) is 3.67. The molecule has 0 spiro atoms. The molecule has 3 nitrogen and oxygen atoms in total. The molecule has 0 amide bonds. The summed E-state index contributed by atoms with van der Waals surface area (Å²) in [5.74, 6) is 1.14. The number of ether oxygens (including phenoxy) is 1. The summed E-state index contributed by atoms with van der Waals surface area (Å²) in [6, 6.07) is 1.71. The van der Waals surface area contributed by atoms with Crippen molar-refractivity contribution < 1.29 is 9.84 Å². The second kappa shape index (κ2) is 5.68. The zero-order valence-electron chi connectivity index (χ0n) is 11.8. The van der Waals surface area contributed by atoms with Crippen LogP contribution in [0.1, 0.15) is 45.6 Å². The van der Waals surface area contributed by atoms with Gasteiger partial charge in [-0.15, -0.1) is 0 Å². The van der Waals surface area contributed by atoms with Gasteiger partial charge in [-0.25, -0.2) is 4.98 Å². The summed E-state index contributed by atoms with van der Waals surface area (Å²) < 4.78 is 5.97. The van der Waals surface area contributed by atoms with Gasteiger partial charge in [0.15, 0.2) is 0 Å². The van der Waals surface area contributed by atoms with Crippen LogP contribution in [0.5, 0.6) is 5.88 Å². The second-order valence-electron chi connectivity index (χ2n) is 6.44. The summed E-state index contributed by atoms with van der Waals surface area (Å²) in [5.41, 5.74) is 1.01. The van der Waals surface area contributed by atoms with Crippen LogP contribution >= 0.6 is 11.6 Å². The Balaban J connectivity index is 2.08. The van der Waals surface area contributed by atoms with E-state index >= 15 is 0 Å². The number of hydrogen-bond donors (Lipinski definition) is 1. The highest BCUT2D eigenvalue weighted by molar-refractivity contribution is 6.31. The summed E-state index contributed by atoms with van der Waals surface area (Å²) >= 11 is 6.14. The van der Waals surface area contributed by atoms with Crippen molar-refractivity contribution in [2.75, 3.05) is 0 Å². The first kappa shape index (κ1) is 14.6. The molecule has 19 heavy (non-hydrogen) atoms. The lowest BCUT2D eigenvalue weighted by atomic mass is 9.71. The number of hydrogen-bond acceptors (Lipinski definition) is 3. The van der Waals surface area contributed by atoms with Crippen LogP contribution < -0.4 is 4.74 Å². The fourth-order valence-electron chi connectivity index (χ4n) is 3.14. The molecule has 1 aliphatic carbocycles. The molecule has 0 radical (unpaired) electrons. The molecule has 1 saturated carbocycles. The van der Waals surface area contributed by atoms with Crippen molar-refractivity contribution in [1.29, 1.82) is 0 Å². The van der Waals surface area contributed by atoms with Gasteiger partial charge in [0.05, 0.1) is 6.61 Å². The maximum atomic E-state index is 9.04. The van der Waals surface area contributed by atoms with Gasteiger partial charge in [-0.1, -0.05) is 32.4 Å². The van der Waals surface area contributed by atoms with Gasteiger partial charge < -0.3 is 9.84 Å². The third kappa shape index (κ3) is 3.83. The molecule has 0 saturated heterocycles. The Morgan fingerprint density at radius 1 is 1.47 bits per heavy atom. The van der Waals surface area contributed by atoms with E-state index in [0.29, 0.717) is 27.8 Å². The van der Waals surface area contributed by atoms with Crippen molar-refractivity contribution in [2.45, 2.75) is 52.7 Å². The SMILES string of the molecule is CC1CC(Oc2ncc(CO)cc2Cl)CC(C)(C)C1. The van der Waals surface area contributed by atoms with Crippen LogP contribution in [-0.4, -0.2) is 16.2 Å². The minimum absolute atomic E-state index is 0.0551. The molecule has 1 aliphatic rings. The number of rotatable bonds is 3. The Kier molecular flexibility index (Phi) is 4.36. The average molecular weight is 284 g/mol. The summed E-state index contributed by atoms with van der Waals surface area (Å²) in [5, 5.41) is 9.51. The van der Waals surface area contributed by atoms with Crippen molar-refractivity contribution in [3.8, 4) is 5.88 Å². The largest absolute Gasteiger partial charge is 0.473 e. The summed E-state index contributed by atoms with van der Waals surface area (Å²) in [6.45, 7) is 6.77. The lowest BCUT2D eigenvalue weighted by Crippen LogP contribution is -2.34. The predicted octanol–water partition coefficient (Wildman–Crippen LogP) is 3.82. The summed E-state index contributed by atoms with van der Waals surface area (Å²) in [7, 11) is 0. The zero-order chi connectivity index (χ0) is 14.0. The molecule has 2 unspecified atom stereocenters. The Hall–Kier alpha value is -0.800. The monoisotopic (exact) mass is 283 g/mol. The molecule has 0 bridgehead atoms. The fourth-order valence-corrected chi connectivity index (χ4v) is 3.38. The number of pyridine rings is 1. The predicted molar refractivity (Wildman–Crippen MR) is 76.4 cm³/mol. The van der Waals surface area contributed by atoms with Gasteiger partial charge in [-0.05, 0) is 42.2 Å². The Morgan fingerprint density at radius 2 is 2.21 bits per heavy atom. The van der Waals surface area contributed by atoms with Gasteiger partial charge in [-0.2, -0.15) is 0 Å². The van der Waals surface area contributed by atoms with Crippen LogP contribution in [0.3, 0.4) is 0 Å². The number of aliphatic hydroxyl groups is 1. The first-order valence-electron chi connectivity index (χ1n) is 6.81. The number of aliphatic hydroxyl groups excluding tert-OH is 1. The highest BCUT2D eigenvalue weighted by atomic mass is 35.5. The zero-order valence-corrected chi connectivity index (χ0v) is 12.6. The van der Waals surface area contributed by atoms with Crippen molar-refractivity contribution in [2.24, 2.45) is 11.3 Å². The first-order chi connectivity index (χ1) is 8.89. The van der Waals surface area contributed by atoms with Crippen LogP contribution in [-0.2, 0) is 6.61 Å². The summed E-state index contributed by atoms with van der Waals surface area (Å²) in [4.78, 5) is 4.20. The molecule has 2 rings (SSSR count). The molecule has 0 aromatic carbocycles. The third-order valence-corrected chi connectivity index (χ3v) is 3.94. The lowest BCUT2D eigenvalue weighted by molar-refractivity contribution is 0.0533. The maximum Gasteiger partial charge on any atom is 0.232 e. The highest BCUT2D eigenvalue weighted by Crippen LogP contribution is 2.40. The maximum absolute atomic E-state index is 9.04. The van der Waals surface area contributed by atoms with E-state index in [1.165, 1.54) is 6.42 Å². The van der Waals surface area contributed by atoms with Crippen molar-refractivity contribution >= 4 is 11.6 Å². The van der Waals surface area contributed by atoms with Gasteiger partial charge in [0.25, 0.3) is 0 Å². The minimum Gasteiger partial charge on any atom is -0.473 e. The molecule has 2 atom stereocenters. The van der Waals surface area contributed by atoms with Crippen LogP contribution in [0.4, 0.5) is 0 Å². The molecule has 1 aromatic heterocycles. The molecule has 4 heteroatoms. The smallest absolute Gasteiger partial charge is 0.232 e. The molecular formula is C15H22ClNO2. The van der Waals surface area contributed by atoms with E-state index in [1.807, 2.05) is 0 Å². The second-order valence-corrected chi connectivity index (χ2v) is 6.85. The number of halogens is 1. The van der Waals surface area contributed by atoms with E-state index in [0.717, 1.165) is 12.8 Å². The Labute approximate surface area is 120 Å². The summed E-state index contributed by atoms with van der Waals surface area (Å²) in [6.07, 6.45) is 5.08. The van der Waals surface area contributed by atoms with Crippen LogP contribution in [0.2, 0.25) is 5.02 Å². The van der Waals surface area contributed by atoms with Crippen LogP contribution in [0.15, 0.2) is 12.3 Å². The van der Waals surface area contributed by atoms with Gasteiger partial charge in [0, 0.05) is 6.20 Å². The van der Waals surface area contributed by atoms with E-state index in [4.69, 9.17) is 21.4 Å². The molecule has 1 fully saturated rings. The van der Waals surface area contributed by atoms with E-state index in [1.54, 1.807) is 12.3 Å². The fraction of sp³-hybridized carbons (Fsp3) is 0.667. The Bertz CT molecular complexity index is 448. The molecule has 1 heterocycles. The number of aromatic nitrogens is 1. The molecule has 1 aromatic rings. The van der Waals surface area contributed by atoms with Gasteiger partial charge in [-0.3, -0.25) is 0 Å². The minimum atomic E-state index is -0.0551. The van der Waals surface area contributed by atoms with E-state index in [2.05, 4.69) is 25.8 Å². The van der Waals surface area contributed by atoms with E-state index in [-0.39, 0.29) is 12.7 Å². The topological polar surface area (TPSA) is 42.4 Å². The first-order valence-corrected chi connectivity index (χ1v) is 7.19. The molecular weight excluding hydrogens is 262 g/mol. The van der Waals surface area contributed by atoms with E-state index in [9.17, 15) is 0 Å². The van der Waals surface area contributed by atoms with Crippen molar-refractivity contribution in [1.82, 2.24) is 4.98 Å². The highest BCUT2D eigenvalue weighted by Gasteiger charge is 2.33.